The highest BCUT2D eigenvalue weighted by molar-refractivity contribution is 5.83. The summed E-state index contributed by atoms with van der Waals surface area (Å²) in [5, 5.41) is 3.76. The Balaban J connectivity index is 1.55. The molecular weight excluding hydrogens is 307 g/mol. The van der Waals surface area contributed by atoms with Crippen molar-refractivity contribution in [3.8, 4) is 5.75 Å². The van der Waals surface area contributed by atoms with E-state index in [1.54, 1.807) is 13.2 Å². The summed E-state index contributed by atoms with van der Waals surface area (Å²) in [6.45, 7) is 0.506. The summed E-state index contributed by atoms with van der Waals surface area (Å²) in [4.78, 5) is 15.2. The second-order valence-corrected chi connectivity index (χ2v) is 5.63. The molecular formula is C19H19FN2O2. The van der Waals surface area contributed by atoms with E-state index in [4.69, 9.17) is 4.74 Å². The number of amides is 1. The number of hydrogen-bond donors (Lipinski definition) is 2. The summed E-state index contributed by atoms with van der Waals surface area (Å²) in [6, 6.07) is 12.1. The zero-order chi connectivity index (χ0) is 16.9. The number of fused-ring (bicyclic) bond motifs is 1. The zero-order valence-electron chi connectivity index (χ0n) is 13.4. The Hall–Kier alpha value is -2.82. The van der Waals surface area contributed by atoms with Crippen LogP contribution in [0.4, 0.5) is 4.39 Å². The van der Waals surface area contributed by atoms with Crippen molar-refractivity contribution >= 4 is 16.8 Å². The van der Waals surface area contributed by atoms with E-state index < -0.39 is 0 Å². The standard InChI is InChI=1S/C19H19FN2O2/c1-24-16-4-2-3-13(9-16)10-19(23)21-8-7-14-12-22-18-6-5-15(20)11-17(14)18/h2-6,9,11-12,22H,7-8,10H2,1H3,(H,21,23). The van der Waals surface area contributed by atoms with Gasteiger partial charge in [0.1, 0.15) is 11.6 Å². The fourth-order valence-corrected chi connectivity index (χ4v) is 2.72. The number of H-pyrrole nitrogens is 1. The van der Waals surface area contributed by atoms with Gasteiger partial charge in [0, 0.05) is 23.6 Å². The van der Waals surface area contributed by atoms with E-state index in [0.29, 0.717) is 19.4 Å². The van der Waals surface area contributed by atoms with Crippen molar-refractivity contribution in [2.75, 3.05) is 13.7 Å². The Morgan fingerprint density at radius 2 is 2.12 bits per heavy atom. The minimum Gasteiger partial charge on any atom is -0.497 e. The molecule has 3 rings (SSSR count). The van der Waals surface area contributed by atoms with Gasteiger partial charge in [-0.05, 0) is 47.9 Å². The van der Waals surface area contributed by atoms with Crippen LogP contribution in [0.3, 0.4) is 0 Å². The number of hydrogen-bond acceptors (Lipinski definition) is 2. The third-order valence-electron chi connectivity index (χ3n) is 3.94. The van der Waals surface area contributed by atoms with E-state index in [-0.39, 0.29) is 11.7 Å². The van der Waals surface area contributed by atoms with Gasteiger partial charge in [0.05, 0.1) is 13.5 Å². The molecule has 5 heteroatoms. The minimum atomic E-state index is -0.259. The summed E-state index contributed by atoms with van der Waals surface area (Å²) in [5.41, 5.74) is 2.79. The number of halogens is 1. The molecule has 0 fully saturated rings. The maximum atomic E-state index is 13.4. The van der Waals surface area contributed by atoms with Gasteiger partial charge >= 0.3 is 0 Å². The van der Waals surface area contributed by atoms with Crippen LogP contribution in [-0.4, -0.2) is 24.5 Å². The number of methoxy groups -OCH3 is 1. The van der Waals surface area contributed by atoms with Gasteiger partial charge in [-0.15, -0.1) is 0 Å². The fraction of sp³-hybridized carbons (Fsp3) is 0.211. The van der Waals surface area contributed by atoms with Crippen molar-refractivity contribution in [1.29, 1.82) is 0 Å². The number of aromatic nitrogens is 1. The normalized spacial score (nSPS) is 10.8. The first-order valence-corrected chi connectivity index (χ1v) is 7.81. The molecule has 1 amide bonds. The van der Waals surface area contributed by atoms with Gasteiger partial charge in [-0.3, -0.25) is 4.79 Å². The lowest BCUT2D eigenvalue weighted by atomic mass is 10.1. The van der Waals surface area contributed by atoms with Crippen LogP contribution < -0.4 is 10.1 Å². The van der Waals surface area contributed by atoms with Gasteiger partial charge < -0.3 is 15.0 Å². The number of nitrogens with one attached hydrogen (secondary N) is 2. The van der Waals surface area contributed by atoms with Crippen molar-refractivity contribution in [3.05, 3.63) is 65.6 Å². The van der Waals surface area contributed by atoms with E-state index in [0.717, 1.165) is 27.8 Å². The summed E-state index contributed by atoms with van der Waals surface area (Å²) < 4.78 is 18.5. The molecule has 0 atom stereocenters. The summed E-state index contributed by atoms with van der Waals surface area (Å²) >= 11 is 0. The van der Waals surface area contributed by atoms with Gasteiger partial charge in [0.2, 0.25) is 5.91 Å². The predicted molar refractivity (Wildman–Crippen MR) is 91.7 cm³/mol. The first-order chi connectivity index (χ1) is 11.7. The number of carbonyl (C=O) groups excluding carboxylic acids is 1. The molecule has 0 radical (unpaired) electrons. The Labute approximate surface area is 139 Å². The monoisotopic (exact) mass is 326 g/mol. The first-order valence-electron chi connectivity index (χ1n) is 7.81. The molecule has 124 valence electrons. The van der Waals surface area contributed by atoms with Crippen molar-refractivity contribution in [2.45, 2.75) is 12.8 Å². The van der Waals surface area contributed by atoms with Crippen LogP contribution in [0.5, 0.6) is 5.75 Å². The molecule has 0 unspecified atom stereocenters. The quantitative estimate of drug-likeness (QED) is 0.731. The lowest BCUT2D eigenvalue weighted by Crippen LogP contribution is -2.27. The highest BCUT2D eigenvalue weighted by atomic mass is 19.1. The second-order valence-electron chi connectivity index (χ2n) is 5.63. The van der Waals surface area contributed by atoms with Crippen molar-refractivity contribution in [1.82, 2.24) is 10.3 Å². The predicted octanol–water partition coefficient (Wildman–Crippen LogP) is 3.22. The van der Waals surface area contributed by atoms with E-state index >= 15 is 0 Å². The Morgan fingerprint density at radius 3 is 2.96 bits per heavy atom. The van der Waals surface area contributed by atoms with Crippen LogP contribution in [0.2, 0.25) is 0 Å². The van der Waals surface area contributed by atoms with E-state index in [2.05, 4.69) is 10.3 Å². The van der Waals surface area contributed by atoms with Crippen LogP contribution >= 0.6 is 0 Å². The lowest BCUT2D eigenvalue weighted by molar-refractivity contribution is -0.120. The fourth-order valence-electron chi connectivity index (χ4n) is 2.72. The van der Waals surface area contributed by atoms with Gasteiger partial charge in [-0.25, -0.2) is 4.39 Å². The maximum absolute atomic E-state index is 13.4. The molecule has 0 bridgehead atoms. The Bertz CT molecular complexity index is 857. The summed E-state index contributed by atoms with van der Waals surface area (Å²) in [6.07, 6.45) is 2.81. The third kappa shape index (κ3) is 3.74. The molecule has 1 heterocycles. The first kappa shape index (κ1) is 16.1. The van der Waals surface area contributed by atoms with E-state index in [1.807, 2.05) is 30.5 Å². The number of ether oxygens (including phenoxy) is 1. The average Bonchev–Trinajstić information content (AvgIpc) is 2.97. The van der Waals surface area contributed by atoms with Gasteiger partial charge in [-0.2, -0.15) is 0 Å². The molecule has 2 N–H and O–H groups in total. The lowest BCUT2D eigenvalue weighted by Gasteiger charge is -2.06. The molecule has 0 saturated carbocycles. The molecule has 0 aliphatic heterocycles. The molecule has 1 aromatic heterocycles. The number of rotatable bonds is 6. The Morgan fingerprint density at radius 1 is 1.25 bits per heavy atom. The Kier molecular flexibility index (Phi) is 4.79. The van der Waals surface area contributed by atoms with Crippen molar-refractivity contribution in [3.63, 3.8) is 0 Å². The highest BCUT2D eigenvalue weighted by Crippen LogP contribution is 2.19. The number of aromatic amines is 1. The molecule has 2 aromatic carbocycles. The summed E-state index contributed by atoms with van der Waals surface area (Å²) in [5.74, 6) is 0.431. The third-order valence-corrected chi connectivity index (χ3v) is 3.94. The van der Waals surface area contributed by atoms with E-state index in [1.165, 1.54) is 12.1 Å². The van der Waals surface area contributed by atoms with Crippen LogP contribution in [0.1, 0.15) is 11.1 Å². The smallest absolute Gasteiger partial charge is 0.224 e. The molecule has 0 saturated heterocycles. The van der Waals surface area contributed by atoms with Crippen LogP contribution in [-0.2, 0) is 17.6 Å². The molecule has 0 aliphatic rings. The minimum absolute atomic E-state index is 0.0470. The molecule has 4 nitrogen and oxygen atoms in total. The largest absolute Gasteiger partial charge is 0.497 e. The molecule has 24 heavy (non-hydrogen) atoms. The number of carbonyl (C=O) groups is 1. The second kappa shape index (κ2) is 7.17. The van der Waals surface area contributed by atoms with Crippen LogP contribution in [0.15, 0.2) is 48.7 Å². The van der Waals surface area contributed by atoms with Gasteiger partial charge in [-0.1, -0.05) is 12.1 Å². The van der Waals surface area contributed by atoms with Gasteiger partial charge in [0.15, 0.2) is 0 Å². The average molecular weight is 326 g/mol. The molecule has 3 aromatic rings. The van der Waals surface area contributed by atoms with Gasteiger partial charge in [0.25, 0.3) is 0 Å². The van der Waals surface area contributed by atoms with Crippen LogP contribution in [0.25, 0.3) is 10.9 Å². The maximum Gasteiger partial charge on any atom is 0.224 e. The van der Waals surface area contributed by atoms with E-state index in [9.17, 15) is 9.18 Å². The van der Waals surface area contributed by atoms with Crippen molar-refractivity contribution < 1.29 is 13.9 Å². The topological polar surface area (TPSA) is 54.1 Å². The molecule has 0 aliphatic carbocycles. The SMILES string of the molecule is COc1cccc(CC(=O)NCCc2c[nH]c3ccc(F)cc23)c1. The van der Waals surface area contributed by atoms with Crippen LogP contribution in [0, 0.1) is 5.82 Å². The molecule has 0 spiro atoms. The van der Waals surface area contributed by atoms with Crippen molar-refractivity contribution in [2.24, 2.45) is 0 Å². The zero-order valence-corrected chi connectivity index (χ0v) is 13.4. The highest BCUT2D eigenvalue weighted by Gasteiger charge is 2.07. The number of benzene rings is 2. The summed E-state index contributed by atoms with van der Waals surface area (Å²) in [7, 11) is 1.60.